The van der Waals surface area contributed by atoms with Gasteiger partial charge in [0, 0.05) is 5.02 Å². The zero-order valence-electron chi connectivity index (χ0n) is 15.2. The lowest BCUT2D eigenvalue weighted by Crippen LogP contribution is -2.22. The molecule has 0 aliphatic carbocycles. The molecule has 4 rings (SSSR count). The van der Waals surface area contributed by atoms with E-state index in [1.165, 1.54) is 18.1 Å². The van der Waals surface area contributed by atoms with E-state index in [9.17, 15) is 4.79 Å². The third-order valence-corrected chi connectivity index (χ3v) is 5.85. The minimum atomic E-state index is -0.428. The van der Waals surface area contributed by atoms with Crippen molar-refractivity contribution in [2.24, 2.45) is 0 Å². The molecule has 0 aliphatic rings. The van der Waals surface area contributed by atoms with Crippen molar-refractivity contribution >= 4 is 57.6 Å². The van der Waals surface area contributed by atoms with Crippen molar-refractivity contribution in [2.75, 3.05) is 5.32 Å². The van der Waals surface area contributed by atoms with Crippen molar-refractivity contribution in [1.29, 1.82) is 0 Å². The van der Waals surface area contributed by atoms with Gasteiger partial charge in [0.2, 0.25) is 5.91 Å². The molecule has 6 nitrogen and oxygen atoms in total. The van der Waals surface area contributed by atoms with Crippen LogP contribution in [-0.2, 0) is 4.79 Å². The summed E-state index contributed by atoms with van der Waals surface area (Å²) < 4.78 is 1.75. The van der Waals surface area contributed by atoms with Gasteiger partial charge in [-0.1, -0.05) is 53.2 Å². The number of hydrogen-bond acceptors (Lipinski definition) is 5. The number of halogens is 2. The molecular weight excluding hydrogens is 429 g/mol. The van der Waals surface area contributed by atoms with Gasteiger partial charge in [0.25, 0.3) is 0 Å². The van der Waals surface area contributed by atoms with Gasteiger partial charge in [-0.2, -0.15) is 5.10 Å². The predicted molar refractivity (Wildman–Crippen MR) is 117 cm³/mol. The van der Waals surface area contributed by atoms with Crippen molar-refractivity contribution in [3.63, 3.8) is 0 Å². The summed E-state index contributed by atoms with van der Waals surface area (Å²) in [4.78, 5) is 21.4. The van der Waals surface area contributed by atoms with Gasteiger partial charge in [-0.25, -0.2) is 14.6 Å². The van der Waals surface area contributed by atoms with Gasteiger partial charge in [0.1, 0.15) is 11.4 Å². The molecule has 146 valence electrons. The van der Waals surface area contributed by atoms with Crippen LogP contribution in [0, 0.1) is 0 Å². The number of benzene rings is 2. The Hall–Kier alpha value is -2.61. The molecule has 0 saturated carbocycles. The van der Waals surface area contributed by atoms with Gasteiger partial charge < -0.3 is 5.32 Å². The molecule has 4 aromatic rings. The molecule has 0 saturated heterocycles. The first-order valence-corrected chi connectivity index (χ1v) is 10.3. The third-order valence-electron chi connectivity index (χ3n) is 4.17. The fourth-order valence-electron chi connectivity index (χ4n) is 2.72. The van der Waals surface area contributed by atoms with Crippen LogP contribution in [0.15, 0.2) is 66.1 Å². The van der Waals surface area contributed by atoms with Crippen LogP contribution < -0.4 is 5.32 Å². The van der Waals surface area contributed by atoms with Crippen molar-refractivity contribution in [1.82, 2.24) is 19.7 Å². The van der Waals surface area contributed by atoms with Gasteiger partial charge in [0.05, 0.1) is 33.2 Å². The fraction of sp³-hybridized carbons (Fsp3) is 0.100. The molecule has 0 radical (unpaired) electrons. The van der Waals surface area contributed by atoms with E-state index < -0.39 is 5.25 Å². The van der Waals surface area contributed by atoms with E-state index in [1.807, 2.05) is 30.3 Å². The monoisotopic (exact) mass is 443 g/mol. The van der Waals surface area contributed by atoms with Gasteiger partial charge in [-0.15, -0.1) is 0 Å². The summed E-state index contributed by atoms with van der Waals surface area (Å²) in [6.07, 6.45) is 3.19. The molecule has 0 bridgehead atoms. The number of nitrogens with one attached hydrogen (secondary N) is 1. The number of thioether (sulfide) groups is 1. The molecule has 0 aliphatic heterocycles. The van der Waals surface area contributed by atoms with E-state index in [-0.39, 0.29) is 5.91 Å². The molecule has 29 heavy (non-hydrogen) atoms. The summed E-state index contributed by atoms with van der Waals surface area (Å²) >= 11 is 13.4. The molecule has 2 aromatic carbocycles. The average molecular weight is 444 g/mol. The number of fused-ring (bicyclic) bond motifs is 1. The number of nitrogens with zero attached hydrogens (tertiary/aromatic N) is 4. The molecule has 1 unspecified atom stereocenters. The highest BCUT2D eigenvalue weighted by atomic mass is 35.5. The summed E-state index contributed by atoms with van der Waals surface area (Å²) in [7, 11) is 0. The van der Waals surface area contributed by atoms with Gasteiger partial charge in [-0.3, -0.25) is 4.79 Å². The zero-order chi connectivity index (χ0) is 20.4. The largest absolute Gasteiger partial charge is 0.324 e. The first-order chi connectivity index (χ1) is 14.0. The molecule has 1 amide bonds. The highest BCUT2D eigenvalue weighted by Crippen LogP contribution is 2.31. The number of rotatable bonds is 5. The minimum Gasteiger partial charge on any atom is -0.324 e. The van der Waals surface area contributed by atoms with Crippen molar-refractivity contribution < 1.29 is 4.79 Å². The number of anilines is 1. The fourth-order valence-corrected chi connectivity index (χ4v) is 3.94. The first-order valence-electron chi connectivity index (χ1n) is 8.69. The second-order valence-electron chi connectivity index (χ2n) is 6.18. The normalized spacial score (nSPS) is 12.1. The Labute approximate surface area is 181 Å². The molecule has 1 atom stereocenters. The topological polar surface area (TPSA) is 72.7 Å². The van der Waals surface area contributed by atoms with Crippen LogP contribution in [0.2, 0.25) is 10.0 Å². The SMILES string of the molecule is CC(Sc1ncnc2c1cnn2-c1ccccc1)C(=O)Nc1cc(Cl)ccc1Cl. The Bertz CT molecular complexity index is 1180. The molecule has 2 heterocycles. The maximum Gasteiger partial charge on any atom is 0.237 e. The minimum absolute atomic E-state index is 0.207. The molecule has 0 spiro atoms. The average Bonchev–Trinajstić information content (AvgIpc) is 3.16. The highest BCUT2D eigenvalue weighted by molar-refractivity contribution is 8.00. The number of aromatic nitrogens is 4. The summed E-state index contributed by atoms with van der Waals surface area (Å²) in [5, 5.41) is 9.20. The Morgan fingerprint density at radius 1 is 1.14 bits per heavy atom. The van der Waals surface area contributed by atoms with Gasteiger partial charge in [-0.05, 0) is 37.3 Å². The van der Waals surface area contributed by atoms with E-state index in [0.29, 0.717) is 26.4 Å². The highest BCUT2D eigenvalue weighted by Gasteiger charge is 2.19. The van der Waals surface area contributed by atoms with Crippen molar-refractivity contribution in [3.05, 3.63) is 71.1 Å². The van der Waals surface area contributed by atoms with Crippen LogP contribution in [0.1, 0.15) is 6.92 Å². The van der Waals surface area contributed by atoms with Gasteiger partial charge in [0.15, 0.2) is 5.65 Å². The second kappa shape index (κ2) is 8.41. The van der Waals surface area contributed by atoms with Gasteiger partial charge >= 0.3 is 0 Å². The molecule has 1 N–H and O–H groups in total. The summed E-state index contributed by atoms with van der Waals surface area (Å²) in [6.45, 7) is 1.80. The molecular formula is C20H15Cl2N5OS. The van der Waals surface area contributed by atoms with Crippen LogP contribution in [0.4, 0.5) is 5.69 Å². The first kappa shape index (κ1) is 19.7. The Balaban J connectivity index is 1.57. The molecule has 2 aromatic heterocycles. The maximum absolute atomic E-state index is 12.6. The number of para-hydroxylation sites is 1. The summed E-state index contributed by atoms with van der Waals surface area (Å²) in [5.74, 6) is -0.207. The summed E-state index contributed by atoms with van der Waals surface area (Å²) in [5.41, 5.74) is 2.05. The zero-order valence-corrected chi connectivity index (χ0v) is 17.5. The standard InChI is InChI=1S/C20H15Cl2N5OS/c1-12(19(28)26-17-9-13(21)7-8-16(17)22)29-20-15-10-25-27(18(15)23-11-24-20)14-5-3-2-4-6-14/h2-12H,1H3,(H,26,28). The Morgan fingerprint density at radius 3 is 2.72 bits per heavy atom. The van der Waals surface area contributed by atoms with E-state index in [4.69, 9.17) is 23.2 Å². The van der Waals surface area contributed by atoms with Crippen LogP contribution in [0.25, 0.3) is 16.7 Å². The Kier molecular flexibility index (Phi) is 5.71. The number of carbonyl (C=O) groups is 1. The third kappa shape index (κ3) is 4.22. The second-order valence-corrected chi connectivity index (χ2v) is 8.35. The van der Waals surface area contributed by atoms with Crippen molar-refractivity contribution in [3.8, 4) is 5.69 Å². The van der Waals surface area contributed by atoms with Crippen LogP contribution in [0.5, 0.6) is 0 Å². The Morgan fingerprint density at radius 2 is 1.93 bits per heavy atom. The summed E-state index contributed by atoms with van der Waals surface area (Å²) in [6, 6.07) is 14.6. The lowest BCUT2D eigenvalue weighted by molar-refractivity contribution is -0.115. The smallest absolute Gasteiger partial charge is 0.237 e. The molecule has 9 heteroatoms. The van der Waals surface area contributed by atoms with Crippen LogP contribution >= 0.6 is 35.0 Å². The van der Waals surface area contributed by atoms with E-state index in [0.717, 1.165) is 11.1 Å². The number of carbonyl (C=O) groups excluding carboxylic acids is 1. The van der Waals surface area contributed by atoms with Crippen molar-refractivity contribution in [2.45, 2.75) is 17.2 Å². The predicted octanol–water partition coefficient (Wildman–Crippen LogP) is 5.24. The molecule has 0 fully saturated rings. The van der Waals surface area contributed by atoms with E-state index in [2.05, 4.69) is 20.4 Å². The van der Waals surface area contributed by atoms with Crippen LogP contribution in [-0.4, -0.2) is 30.9 Å². The number of amides is 1. The van der Waals surface area contributed by atoms with E-state index >= 15 is 0 Å². The quantitative estimate of drug-likeness (QED) is 0.337. The lowest BCUT2D eigenvalue weighted by Gasteiger charge is -2.13. The number of hydrogen-bond donors (Lipinski definition) is 1. The lowest BCUT2D eigenvalue weighted by atomic mass is 10.3. The van der Waals surface area contributed by atoms with E-state index in [1.54, 1.807) is 36.0 Å². The maximum atomic E-state index is 12.6. The van der Waals surface area contributed by atoms with Crippen LogP contribution in [0.3, 0.4) is 0 Å².